The molecule has 7 heteroatoms. The molecule has 1 saturated heterocycles. The van der Waals surface area contributed by atoms with Crippen molar-refractivity contribution < 1.29 is 18.7 Å². The molecule has 26 heavy (non-hydrogen) atoms. The molecule has 0 saturated carbocycles. The molecule has 0 radical (unpaired) electrons. The zero-order chi connectivity index (χ0) is 18.7. The number of aromatic nitrogens is 1. The van der Waals surface area contributed by atoms with Gasteiger partial charge < -0.3 is 15.4 Å². The van der Waals surface area contributed by atoms with Crippen LogP contribution in [-0.4, -0.2) is 47.0 Å². The van der Waals surface area contributed by atoms with Crippen LogP contribution in [0.25, 0.3) is 0 Å². The summed E-state index contributed by atoms with van der Waals surface area (Å²) in [5.74, 6) is -1.13. The van der Waals surface area contributed by atoms with Gasteiger partial charge in [-0.3, -0.25) is 14.6 Å². The summed E-state index contributed by atoms with van der Waals surface area (Å²) in [6.07, 6.45) is 1.97. The minimum atomic E-state index is -1.19. The lowest BCUT2D eigenvalue weighted by atomic mass is 10.0. The molecule has 1 fully saturated rings. The van der Waals surface area contributed by atoms with Crippen LogP contribution >= 0.6 is 0 Å². The Balaban J connectivity index is 1.77. The van der Waals surface area contributed by atoms with Crippen LogP contribution in [0.15, 0.2) is 42.6 Å². The fourth-order valence-electron chi connectivity index (χ4n) is 2.94. The van der Waals surface area contributed by atoms with Crippen LogP contribution < -0.4 is 5.73 Å². The van der Waals surface area contributed by atoms with Gasteiger partial charge in [0.05, 0.1) is 13.2 Å². The number of carbonyl (C=O) groups excluding carboxylic acids is 2. The number of amides is 2. The second kappa shape index (κ2) is 7.21. The van der Waals surface area contributed by atoms with E-state index in [0.29, 0.717) is 24.2 Å². The number of morpholine rings is 1. The monoisotopic (exact) mass is 357 g/mol. The van der Waals surface area contributed by atoms with Gasteiger partial charge >= 0.3 is 0 Å². The molecule has 3 rings (SSSR count). The normalized spacial score (nSPS) is 20.0. The van der Waals surface area contributed by atoms with Gasteiger partial charge in [0, 0.05) is 30.4 Å². The summed E-state index contributed by atoms with van der Waals surface area (Å²) < 4.78 is 18.8. The van der Waals surface area contributed by atoms with Crippen molar-refractivity contribution in [3.05, 3.63) is 65.2 Å². The molecule has 136 valence electrons. The van der Waals surface area contributed by atoms with E-state index < -0.39 is 11.5 Å². The lowest BCUT2D eigenvalue weighted by molar-refractivity contribution is -0.150. The average molecular weight is 357 g/mol. The molecule has 0 spiro atoms. The highest BCUT2D eigenvalue weighted by atomic mass is 19.1. The molecule has 0 bridgehead atoms. The number of pyridine rings is 1. The second-order valence-corrected chi connectivity index (χ2v) is 6.51. The first-order chi connectivity index (χ1) is 12.4. The summed E-state index contributed by atoms with van der Waals surface area (Å²) in [5, 5.41) is 0. The van der Waals surface area contributed by atoms with Crippen LogP contribution in [0.5, 0.6) is 0 Å². The van der Waals surface area contributed by atoms with Gasteiger partial charge in [-0.1, -0.05) is 12.1 Å². The van der Waals surface area contributed by atoms with E-state index in [1.54, 1.807) is 42.3 Å². The van der Waals surface area contributed by atoms with E-state index >= 15 is 0 Å². The van der Waals surface area contributed by atoms with Crippen LogP contribution in [0, 0.1) is 5.82 Å². The molecule has 2 heterocycles. The van der Waals surface area contributed by atoms with Gasteiger partial charge in [0.2, 0.25) is 0 Å². The highest BCUT2D eigenvalue weighted by Gasteiger charge is 2.39. The fourth-order valence-corrected chi connectivity index (χ4v) is 2.94. The average Bonchev–Trinajstić information content (AvgIpc) is 2.61. The molecule has 2 N–H and O–H groups in total. The standard InChI is InChI=1S/C19H20FN3O3/c1-19(18(21)25)12-23(7-8-26-19)17(24)14-5-6-22-16(11-14)10-13-3-2-4-15(20)9-13/h2-6,9,11H,7-8,10,12H2,1H3,(H2,21,25)/t19-/m0/s1. The lowest BCUT2D eigenvalue weighted by Gasteiger charge is -2.38. The third kappa shape index (κ3) is 3.88. The van der Waals surface area contributed by atoms with E-state index in [4.69, 9.17) is 10.5 Å². The summed E-state index contributed by atoms with van der Waals surface area (Å²) in [6, 6.07) is 9.57. The van der Waals surface area contributed by atoms with Crippen molar-refractivity contribution in [2.45, 2.75) is 18.9 Å². The van der Waals surface area contributed by atoms with Gasteiger partial charge in [-0.2, -0.15) is 0 Å². The fraction of sp³-hybridized carbons (Fsp3) is 0.316. The number of benzene rings is 1. The molecule has 1 atom stereocenters. The largest absolute Gasteiger partial charge is 0.367 e. The zero-order valence-corrected chi connectivity index (χ0v) is 14.4. The van der Waals surface area contributed by atoms with Gasteiger partial charge in [0.15, 0.2) is 5.60 Å². The van der Waals surface area contributed by atoms with Gasteiger partial charge in [-0.15, -0.1) is 0 Å². The van der Waals surface area contributed by atoms with Gasteiger partial charge in [-0.25, -0.2) is 4.39 Å². The van der Waals surface area contributed by atoms with Crippen molar-refractivity contribution in [2.75, 3.05) is 19.7 Å². The molecule has 1 aliphatic rings. The predicted molar refractivity (Wildman–Crippen MR) is 92.9 cm³/mol. The van der Waals surface area contributed by atoms with E-state index in [0.717, 1.165) is 5.56 Å². The topological polar surface area (TPSA) is 85.5 Å². The van der Waals surface area contributed by atoms with E-state index in [2.05, 4.69) is 4.98 Å². The van der Waals surface area contributed by atoms with Gasteiger partial charge in [0.25, 0.3) is 11.8 Å². The maximum absolute atomic E-state index is 13.3. The number of nitrogens with two attached hydrogens (primary N) is 1. The maximum atomic E-state index is 13.3. The van der Waals surface area contributed by atoms with E-state index in [1.165, 1.54) is 12.1 Å². The molecule has 0 aliphatic carbocycles. The first kappa shape index (κ1) is 18.0. The lowest BCUT2D eigenvalue weighted by Crippen LogP contribution is -2.58. The van der Waals surface area contributed by atoms with Crippen molar-refractivity contribution >= 4 is 11.8 Å². The SMILES string of the molecule is C[C@@]1(C(N)=O)CN(C(=O)c2ccnc(Cc3cccc(F)c3)c2)CCO1. The van der Waals surface area contributed by atoms with Crippen molar-refractivity contribution in [1.29, 1.82) is 0 Å². The third-order valence-electron chi connectivity index (χ3n) is 4.42. The minimum Gasteiger partial charge on any atom is -0.367 e. The van der Waals surface area contributed by atoms with Crippen LogP contribution in [0.3, 0.4) is 0 Å². The molecule has 2 aromatic rings. The highest BCUT2D eigenvalue weighted by Crippen LogP contribution is 2.20. The minimum absolute atomic E-state index is 0.0999. The van der Waals surface area contributed by atoms with E-state index in [-0.39, 0.29) is 24.9 Å². The third-order valence-corrected chi connectivity index (χ3v) is 4.42. The Kier molecular flexibility index (Phi) is 4.99. The summed E-state index contributed by atoms with van der Waals surface area (Å²) >= 11 is 0. The van der Waals surface area contributed by atoms with Crippen LogP contribution in [0.2, 0.25) is 0 Å². The quantitative estimate of drug-likeness (QED) is 0.899. The second-order valence-electron chi connectivity index (χ2n) is 6.51. The van der Waals surface area contributed by atoms with Crippen LogP contribution in [-0.2, 0) is 16.0 Å². The highest BCUT2D eigenvalue weighted by molar-refractivity contribution is 5.95. The first-order valence-corrected chi connectivity index (χ1v) is 8.30. The number of rotatable bonds is 4. The molecule has 6 nitrogen and oxygen atoms in total. The number of primary amides is 1. The van der Waals surface area contributed by atoms with Crippen LogP contribution in [0.1, 0.15) is 28.5 Å². The van der Waals surface area contributed by atoms with E-state index in [1.807, 2.05) is 0 Å². The number of nitrogens with zero attached hydrogens (tertiary/aromatic N) is 2. The first-order valence-electron chi connectivity index (χ1n) is 8.30. The Morgan fingerprint density at radius 1 is 1.35 bits per heavy atom. The van der Waals surface area contributed by atoms with E-state index in [9.17, 15) is 14.0 Å². The Morgan fingerprint density at radius 2 is 2.15 bits per heavy atom. The van der Waals surface area contributed by atoms with Gasteiger partial charge in [0.1, 0.15) is 5.82 Å². The smallest absolute Gasteiger partial charge is 0.254 e. The maximum Gasteiger partial charge on any atom is 0.254 e. The summed E-state index contributed by atoms with van der Waals surface area (Å²) in [5.41, 5.74) is 6.08. The molecule has 1 aromatic carbocycles. The number of halogens is 1. The van der Waals surface area contributed by atoms with Crippen molar-refractivity contribution in [2.24, 2.45) is 5.73 Å². The summed E-state index contributed by atoms with van der Waals surface area (Å²) in [7, 11) is 0. The molecule has 1 aliphatic heterocycles. The van der Waals surface area contributed by atoms with Crippen molar-refractivity contribution in [3.63, 3.8) is 0 Å². The molecule has 0 unspecified atom stereocenters. The Hall–Kier alpha value is -2.80. The Morgan fingerprint density at radius 3 is 2.88 bits per heavy atom. The number of hydrogen-bond acceptors (Lipinski definition) is 4. The Bertz CT molecular complexity index is 842. The number of carbonyl (C=O) groups is 2. The Labute approximate surface area is 150 Å². The zero-order valence-electron chi connectivity index (χ0n) is 14.4. The number of hydrogen-bond donors (Lipinski definition) is 1. The summed E-state index contributed by atoms with van der Waals surface area (Å²) in [4.78, 5) is 30.2. The molecule has 1 aromatic heterocycles. The van der Waals surface area contributed by atoms with Crippen LogP contribution in [0.4, 0.5) is 4.39 Å². The molecular weight excluding hydrogens is 337 g/mol. The number of ether oxygens (including phenoxy) is 1. The predicted octanol–water partition coefficient (Wildman–Crippen LogP) is 1.53. The van der Waals surface area contributed by atoms with Crippen molar-refractivity contribution in [3.8, 4) is 0 Å². The molecular formula is C19H20FN3O3. The molecule has 2 amide bonds. The van der Waals surface area contributed by atoms with Gasteiger partial charge in [-0.05, 0) is 36.8 Å². The van der Waals surface area contributed by atoms with Crippen molar-refractivity contribution in [1.82, 2.24) is 9.88 Å². The summed E-state index contributed by atoms with van der Waals surface area (Å²) in [6.45, 7) is 2.30.